The molecule has 0 saturated carbocycles. The molecule has 0 aliphatic carbocycles. The van der Waals surface area contributed by atoms with Crippen LogP contribution >= 0.6 is 0 Å². The number of likely N-dealkylation sites (N-methyl/N-ethyl adjacent to an activating group) is 1. The predicted octanol–water partition coefficient (Wildman–Crippen LogP) is 0.855. The Hall–Kier alpha value is -1.88. The first-order valence-corrected chi connectivity index (χ1v) is 7.34. The zero-order valence-electron chi connectivity index (χ0n) is 12.7. The summed E-state index contributed by atoms with van der Waals surface area (Å²) in [5.41, 5.74) is 1.05. The van der Waals surface area contributed by atoms with E-state index in [9.17, 15) is 9.59 Å². The van der Waals surface area contributed by atoms with E-state index < -0.39 is 0 Å². The van der Waals surface area contributed by atoms with Crippen LogP contribution in [0.15, 0.2) is 30.3 Å². The van der Waals surface area contributed by atoms with Crippen molar-refractivity contribution in [1.82, 2.24) is 15.1 Å². The van der Waals surface area contributed by atoms with Gasteiger partial charge in [0.25, 0.3) is 0 Å². The van der Waals surface area contributed by atoms with Crippen LogP contribution in [0.4, 0.5) is 0 Å². The number of benzene rings is 1. The molecule has 1 unspecified atom stereocenters. The Morgan fingerprint density at radius 3 is 2.71 bits per heavy atom. The predicted molar refractivity (Wildman–Crippen MR) is 81.6 cm³/mol. The van der Waals surface area contributed by atoms with Crippen molar-refractivity contribution < 1.29 is 9.59 Å². The fraction of sp³-hybridized carbons (Fsp3) is 0.500. The van der Waals surface area contributed by atoms with Crippen molar-refractivity contribution in [1.29, 1.82) is 0 Å². The maximum atomic E-state index is 12.2. The summed E-state index contributed by atoms with van der Waals surface area (Å²) < 4.78 is 0. The van der Waals surface area contributed by atoms with Crippen LogP contribution in [0.1, 0.15) is 18.4 Å². The molecular formula is C16H23N3O2. The number of nitrogens with one attached hydrogen (secondary N) is 1. The Labute approximate surface area is 125 Å². The molecule has 2 amide bonds. The molecule has 1 saturated heterocycles. The number of nitrogens with zero attached hydrogens (tertiary/aromatic N) is 2. The second-order valence-electron chi connectivity index (χ2n) is 5.66. The number of rotatable bonds is 6. The summed E-state index contributed by atoms with van der Waals surface area (Å²) in [6, 6.07) is 9.46. The van der Waals surface area contributed by atoms with E-state index in [1.807, 2.05) is 49.3 Å². The number of amides is 2. The Balaban J connectivity index is 1.94. The second-order valence-corrected chi connectivity index (χ2v) is 5.66. The van der Waals surface area contributed by atoms with Crippen molar-refractivity contribution in [3.63, 3.8) is 0 Å². The first-order chi connectivity index (χ1) is 10.1. The lowest BCUT2D eigenvalue weighted by atomic mass is 10.1. The maximum absolute atomic E-state index is 12.2. The van der Waals surface area contributed by atoms with Gasteiger partial charge in [0.2, 0.25) is 11.8 Å². The van der Waals surface area contributed by atoms with E-state index in [2.05, 4.69) is 5.32 Å². The Morgan fingerprint density at radius 2 is 2.05 bits per heavy atom. The number of likely N-dealkylation sites (tertiary alicyclic amines) is 1. The maximum Gasteiger partial charge on any atom is 0.242 e. The first-order valence-electron chi connectivity index (χ1n) is 7.34. The molecule has 1 fully saturated rings. The van der Waals surface area contributed by atoms with E-state index in [0.717, 1.165) is 12.1 Å². The molecule has 1 N–H and O–H groups in total. The van der Waals surface area contributed by atoms with E-state index >= 15 is 0 Å². The molecule has 5 nitrogen and oxygen atoms in total. The lowest BCUT2D eigenvalue weighted by Crippen LogP contribution is -2.45. The Bertz CT molecular complexity index is 488. The van der Waals surface area contributed by atoms with Gasteiger partial charge in [-0.25, -0.2) is 0 Å². The van der Waals surface area contributed by atoms with Crippen molar-refractivity contribution in [2.75, 3.05) is 27.2 Å². The standard InChI is InChI=1S/C16H23N3O2/c1-18(2)11-10-17-16(21)14-8-9-15(20)19(14)12-13-6-4-3-5-7-13/h3-7,14H,8-12H2,1-2H3,(H,17,21). The molecule has 0 radical (unpaired) electrons. The van der Waals surface area contributed by atoms with Gasteiger partial charge in [0.05, 0.1) is 0 Å². The zero-order chi connectivity index (χ0) is 15.2. The molecular weight excluding hydrogens is 266 g/mol. The molecule has 1 heterocycles. The van der Waals surface area contributed by atoms with Crippen LogP contribution in [0.2, 0.25) is 0 Å². The fourth-order valence-corrected chi connectivity index (χ4v) is 2.51. The second kappa shape index (κ2) is 7.22. The average molecular weight is 289 g/mol. The summed E-state index contributed by atoms with van der Waals surface area (Å²) in [5, 5.41) is 2.92. The lowest BCUT2D eigenvalue weighted by Gasteiger charge is -2.24. The van der Waals surface area contributed by atoms with Gasteiger partial charge < -0.3 is 15.1 Å². The molecule has 1 aliphatic rings. The van der Waals surface area contributed by atoms with Crippen LogP contribution in [-0.2, 0) is 16.1 Å². The zero-order valence-corrected chi connectivity index (χ0v) is 12.7. The van der Waals surface area contributed by atoms with Gasteiger partial charge >= 0.3 is 0 Å². The number of hydrogen-bond acceptors (Lipinski definition) is 3. The largest absolute Gasteiger partial charge is 0.353 e. The number of carbonyl (C=O) groups excluding carboxylic acids is 2. The molecule has 0 bridgehead atoms. The van der Waals surface area contributed by atoms with Crippen LogP contribution in [0, 0.1) is 0 Å². The van der Waals surface area contributed by atoms with Crippen LogP contribution in [0.3, 0.4) is 0 Å². The minimum Gasteiger partial charge on any atom is -0.353 e. The van der Waals surface area contributed by atoms with Crippen molar-refractivity contribution in [3.05, 3.63) is 35.9 Å². The van der Waals surface area contributed by atoms with Crippen LogP contribution in [0.25, 0.3) is 0 Å². The molecule has 1 atom stereocenters. The van der Waals surface area contributed by atoms with Gasteiger partial charge in [-0.15, -0.1) is 0 Å². The number of carbonyl (C=O) groups is 2. The molecule has 1 aliphatic heterocycles. The van der Waals surface area contributed by atoms with Gasteiger partial charge in [-0.3, -0.25) is 9.59 Å². The minimum atomic E-state index is -0.333. The topological polar surface area (TPSA) is 52.7 Å². The highest BCUT2D eigenvalue weighted by Gasteiger charge is 2.35. The molecule has 2 rings (SSSR count). The normalized spacial score (nSPS) is 18.3. The van der Waals surface area contributed by atoms with E-state index in [-0.39, 0.29) is 17.9 Å². The summed E-state index contributed by atoms with van der Waals surface area (Å²) in [7, 11) is 3.93. The molecule has 0 spiro atoms. The van der Waals surface area contributed by atoms with Crippen LogP contribution in [0.5, 0.6) is 0 Å². The minimum absolute atomic E-state index is 0.0429. The SMILES string of the molecule is CN(C)CCNC(=O)C1CCC(=O)N1Cc1ccccc1. The molecule has 21 heavy (non-hydrogen) atoms. The van der Waals surface area contributed by atoms with E-state index in [4.69, 9.17) is 0 Å². The number of hydrogen-bond donors (Lipinski definition) is 1. The van der Waals surface area contributed by atoms with Crippen molar-refractivity contribution in [2.24, 2.45) is 0 Å². The van der Waals surface area contributed by atoms with Crippen molar-refractivity contribution >= 4 is 11.8 Å². The third-order valence-electron chi connectivity index (χ3n) is 3.68. The van der Waals surface area contributed by atoms with E-state index in [1.165, 1.54) is 0 Å². The molecule has 0 aromatic heterocycles. The quantitative estimate of drug-likeness (QED) is 0.845. The van der Waals surface area contributed by atoms with Crippen molar-refractivity contribution in [2.45, 2.75) is 25.4 Å². The van der Waals surface area contributed by atoms with Gasteiger partial charge in [-0.2, -0.15) is 0 Å². The van der Waals surface area contributed by atoms with Crippen LogP contribution in [-0.4, -0.2) is 54.8 Å². The van der Waals surface area contributed by atoms with Crippen molar-refractivity contribution in [3.8, 4) is 0 Å². The lowest BCUT2D eigenvalue weighted by molar-refractivity contribution is -0.135. The highest BCUT2D eigenvalue weighted by molar-refractivity contribution is 5.90. The summed E-state index contributed by atoms with van der Waals surface area (Å²) in [4.78, 5) is 28.0. The van der Waals surface area contributed by atoms with E-state index in [0.29, 0.717) is 25.9 Å². The van der Waals surface area contributed by atoms with Gasteiger partial charge in [-0.1, -0.05) is 30.3 Å². The van der Waals surface area contributed by atoms with Gasteiger partial charge in [0.15, 0.2) is 0 Å². The fourth-order valence-electron chi connectivity index (χ4n) is 2.51. The van der Waals surface area contributed by atoms with Crippen LogP contribution < -0.4 is 5.32 Å². The Kier molecular flexibility index (Phi) is 5.33. The summed E-state index contributed by atoms with van der Waals surface area (Å²) >= 11 is 0. The van der Waals surface area contributed by atoms with E-state index in [1.54, 1.807) is 4.90 Å². The van der Waals surface area contributed by atoms with Gasteiger partial charge in [0.1, 0.15) is 6.04 Å². The Morgan fingerprint density at radius 1 is 1.33 bits per heavy atom. The monoisotopic (exact) mass is 289 g/mol. The van der Waals surface area contributed by atoms with Gasteiger partial charge in [-0.05, 0) is 26.1 Å². The molecule has 1 aromatic carbocycles. The highest BCUT2D eigenvalue weighted by Crippen LogP contribution is 2.21. The summed E-state index contributed by atoms with van der Waals surface area (Å²) in [6.07, 6.45) is 1.07. The first kappa shape index (κ1) is 15.5. The third-order valence-corrected chi connectivity index (χ3v) is 3.68. The summed E-state index contributed by atoms with van der Waals surface area (Å²) in [5.74, 6) is 0.0187. The smallest absolute Gasteiger partial charge is 0.242 e. The average Bonchev–Trinajstić information content (AvgIpc) is 2.81. The summed E-state index contributed by atoms with van der Waals surface area (Å²) in [6.45, 7) is 1.91. The molecule has 114 valence electrons. The third kappa shape index (κ3) is 4.29. The van der Waals surface area contributed by atoms with Gasteiger partial charge in [0, 0.05) is 26.1 Å². The molecule has 1 aromatic rings. The molecule has 5 heteroatoms. The highest BCUT2D eigenvalue weighted by atomic mass is 16.2.